The van der Waals surface area contributed by atoms with Gasteiger partial charge >= 0.3 is 0 Å². The molecule has 1 rings (SSSR count). The van der Waals surface area contributed by atoms with E-state index < -0.39 is 5.92 Å². The van der Waals surface area contributed by atoms with Crippen LogP contribution in [0.15, 0.2) is 11.8 Å². The van der Waals surface area contributed by atoms with Gasteiger partial charge in [0.05, 0.1) is 19.2 Å². The Morgan fingerprint density at radius 3 is 2.53 bits per heavy atom. The van der Waals surface area contributed by atoms with E-state index in [1.54, 1.807) is 11.1 Å². The molecule has 5 heteroatoms. The second-order valence-electron chi connectivity index (χ2n) is 4.75. The topological polar surface area (TPSA) is 30.3 Å². The van der Waals surface area contributed by atoms with E-state index in [4.69, 9.17) is 5.26 Å². The minimum Gasteiger partial charge on any atom is -0.383 e. The molecule has 0 aliphatic carbocycles. The van der Waals surface area contributed by atoms with E-state index in [1.165, 1.54) is 0 Å². The highest BCUT2D eigenvalue weighted by Crippen LogP contribution is 2.26. The quantitative estimate of drug-likeness (QED) is 0.528. The summed E-state index contributed by atoms with van der Waals surface area (Å²) in [7, 11) is 3.75. The minimum absolute atomic E-state index is 0.106. The Morgan fingerprint density at radius 2 is 2.06 bits per heavy atom. The summed E-state index contributed by atoms with van der Waals surface area (Å²) in [6.07, 6.45) is 4.26. The first-order valence-electron chi connectivity index (χ1n) is 5.80. The molecule has 0 aromatic rings. The van der Waals surface area contributed by atoms with Crippen LogP contribution in [0.2, 0.25) is 0 Å². The van der Waals surface area contributed by atoms with E-state index in [1.807, 2.05) is 19.0 Å². The molecule has 0 saturated carbocycles. The maximum atomic E-state index is 12.5. The number of hydrogen-bond donors (Lipinski definition) is 0. The van der Waals surface area contributed by atoms with Gasteiger partial charge in [-0.2, -0.15) is 5.26 Å². The van der Waals surface area contributed by atoms with Gasteiger partial charge in [0, 0.05) is 25.9 Å². The molecule has 0 bridgehead atoms. The fourth-order valence-electron chi connectivity index (χ4n) is 1.88. The molecule has 0 aromatic heterocycles. The van der Waals surface area contributed by atoms with Crippen LogP contribution in [0.1, 0.15) is 19.3 Å². The SMILES string of the molecule is CN(C)/C=C(\C#N)CCCCN1CC(F)(F)C1. The lowest BCUT2D eigenvalue weighted by Gasteiger charge is -2.38. The zero-order chi connectivity index (χ0) is 12.9. The molecule has 96 valence electrons. The van der Waals surface area contributed by atoms with Gasteiger partial charge in [0.1, 0.15) is 0 Å². The number of rotatable bonds is 6. The van der Waals surface area contributed by atoms with Crippen molar-refractivity contribution in [2.24, 2.45) is 0 Å². The number of unbranched alkanes of at least 4 members (excludes halogenated alkanes) is 1. The van der Waals surface area contributed by atoms with Crippen LogP contribution < -0.4 is 0 Å². The fraction of sp³-hybridized carbons (Fsp3) is 0.750. The molecule has 1 heterocycles. The molecule has 0 unspecified atom stereocenters. The van der Waals surface area contributed by atoms with Crippen molar-refractivity contribution < 1.29 is 8.78 Å². The lowest BCUT2D eigenvalue weighted by Crippen LogP contribution is -2.56. The summed E-state index contributed by atoms with van der Waals surface area (Å²) in [6.45, 7) is 0.494. The summed E-state index contributed by atoms with van der Waals surface area (Å²) in [5.74, 6) is -2.47. The Morgan fingerprint density at radius 1 is 1.41 bits per heavy atom. The molecule has 1 saturated heterocycles. The van der Waals surface area contributed by atoms with Crippen molar-refractivity contribution in [3.05, 3.63) is 11.8 Å². The number of allylic oxidation sites excluding steroid dienone is 1. The molecule has 1 aliphatic rings. The zero-order valence-electron chi connectivity index (χ0n) is 10.4. The van der Waals surface area contributed by atoms with Gasteiger partial charge in [-0.05, 0) is 25.8 Å². The molecule has 0 amide bonds. The molecule has 0 radical (unpaired) electrons. The number of alkyl halides is 2. The first-order valence-corrected chi connectivity index (χ1v) is 5.80. The average Bonchev–Trinajstić information content (AvgIpc) is 2.19. The fourth-order valence-corrected chi connectivity index (χ4v) is 1.88. The van der Waals surface area contributed by atoms with E-state index in [0.29, 0.717) is 6.54 Å². The van der Waals surface area contributed by atoms with Gasteiger partial charge < -0.3 is 4.90 Å². The van der Waals surface area contributed by atoms with Crippen LogP contribution in [0.4, 0.5) is 8.78 Å². The average molecular weight is 243 g/mol. The van der Waals surface area contributed by atoms with Gasteiger partial charge in [-0.15, -0.1) is 0 Å². The second-order valence-corrected chi connectivity index (χ2v) is 4.75. The van der Waals surface area contributed by atoms with Crippen LogP contribution in [0.3, 0.4) is 0 Å². The molecule has 0 atom stereocenters. The first kappa shape index (κ1) is 13.9. The highest BCUT2D eigenvalue weighted by molar-refractivity contribution is 5.19. The first-order chi connectivity index (χ1) is 7.93. The van der Waals surface area contributed by atoms with E-state index in [2.05, 4.69) is 6.07 Å². The number of hydrogen-bond acceptors (Lipinski definition) is 3. The predicted octanol–water partition coefficient (Wildman–Crippen LogP) is 2.08. The van der Waals surface area contributed by atoms with Crippen molar-refractivity contribution in [3.8, 4) is 6.07 Å². The van der Waals surface area contributed by atoms with Crippen LogP contribution >= 0.6 is 0 Å². The third kappa shape index (κ3) is 5.14. The smallest absolute Gasteiger partial charge is 0.272 e. The maximum Gasteiger partial charge on any atom is 0.272 e. The van der Waals surface area contributed by atoms with Crippen LogP contribution in [-0.2, 0) is 0 Å². The lowest BCUT2D eigenvalue weighted by atomic mass is 10.1. The highest BCUT2D eigenvalue weighted by Gasteiger charge is 2.42. The van der Waals surface area contributed by atoms with Crippen molar-refractivity contribution in [3.63, 3.8) is 0 Å². The van der Waals surface area contributed by atoms with Gasteiger partial charge in [-0.3, -0.25) is 4.90 Å². The zero-order valence-corrected chi connectivity index (χ0v) is 10.4. The maximum absolute atomic E-state index is 12.5. The van der Waals surface area contributed by atoms with Crippen LogP contribution in [0, 0.1) is 11.3 Å². The van der Waals surface area contributed by atoms with Gasteiger partial charge in [0.25, 0.3) is 5.92 Å². The monoisotopic (exact) mass is 243 g/mol. The van der Waals surface area contributed by atoms with Crippen LogP contribution in [0.5, 0.6) is 0 Å². The third-order valence-electron chi connectivity index (χ3n) is 2.64. The third-order valence-corrected chi connectivity index (χ3v) is 2.64. The lowest BCUT2D eigenvalue weighted by molar-refractivity contribution is -0.130. The summed E-state index contributed by atoms with van der Waals surface area (Å²) in [5.41, 5.74) is 0.740. The number of likely N-dealkylation sites (tertiary alicyclic amines) is 1. The summed E-state index contributed by atoms with van der Waals surface area (Å²) in [5, 5.41) is 8.85. The molecule has 0 aromatic carbocycles. The molecule has 17 heavy (non-hydrogen) atoms. The molecule has 0 spiro atoms. The standard InChI is InChI=1S/C12H19F2N3/c1-16(2)8-11(7-15)5-3-4-6-17-9-12(13,14)10-17/h8H,3-6,9-10H2,1-2H3/b11-8-. The molecular weight excluding hydrogens is 224 g/mol. The summed E-state index contributed by atoms with van der Waals surface area (Å²) in [4.78, 5) is 3.59. The predicted molar refractivity (Wildman–Crippen MR) is 62.6 cm³/mol. The van der Waals surface area contributed by atoms with E-state index >= 15 is 0 Å². The Bertz CT molecular complexity index is 310. The second kappa shape index (κ2) is 5.97. The molecular formula is C12H19F2N3. The van der Waals surface area contributed by atoms with Gasteiger partial charge in [0.15, 0.2) is 0 Å². The summed E-state index contributed by atoms with van der Waals surface area (Å²) in [6, 6.07) is 2.15. The normalized spacial score (nSPS) is 19.6. The molecule has 1 aliphatic heterocycles. The van der Waals surface area contributed by atoms with Crippen LogP contribution in [0.25, 0.3) is 0 Å². The summed E-state index contributed by atoms with van der Waals surface area (Å²) >= 11 is 0. The minimum atomic E-state index is -2.47. The number of nitrogens with zero attached hydrogens (tertiary/aromatic N) is 3. The molecule has 0 N–H and O–H groups in total. The van der Waals surface area contributed by atoms with Gasteiger partial charge in [0.2, 0.25) is 0 Å². The van der Waals surface area contributed by atoms with Crippen LogP contribution in [-0.4, -0.2) is 49.5 Å². The van der Waals surface area contributed by atoms with Gasteiger partial charge in [-0.1, -0.05) is 0 Å². The van der Waals surface area contributed by atoms with E-state index in [9.17, 15) is 8.78 Å². The van der Waals surface area contributed by atoms with Crippen molar-refractivity contribution in [2.45, 2.75) is 25.2 Å². The summed E-state index contributed by atoms with van der Waals surface area (Å²) < 4.78 is 25.0. The van der Waals surface area contributed by atoms with Crippen molar-refractivity contribution in [2.75, 3.05) is 33.7 Å². The van der Waals surface area contributed by atoms with Crippen molar-refractivity contribution in [1.82, 2.24) is 9.80 Å². The van der Waals surface area contributed by atoms with E-state index in [0.717, 1.165) is 24.8 Å². The van der Waals surface area contributed by atoms with Crippen molar-refractivity contribution >= 4 is 0 Å². The number of halogens is 2. The molecule has 1 fully saturated rings. The Labute approximate surface area is 101 Å². The molecule has 3 nitrogen and oxygen atoms in total. The largest absolute Gasteiger partial charge is 0.383 e. The number of nitriles is 1. The van der Waals surface area contributed by atoms with Gasteiger partial charge in [-0.25, -0.2) is 8.78 Å². The van der Waals surface area contributed by atoms with Crippen molar-refractivity contribution in [1.29, 1.82) is 5.26 Å². The Kier molecular flexibility index (Phi) is 4.88. The Balaban J connectivity index is 2.10. The highest BCUT2D eigenvalue weighted by atomic mass is 19.3. The van der Waals surface area contributed by atoms with E-state index in [-0.39, 0.29) is 13.1 Å². The Hall–Kier alpha value is -1.15.